The Morgan fingerprint density at radius 1 is 1.26 bits per heavy atom. The highest BCUT2D eigenvalue weighted by atomic mass is 16.4. The first-order chi connectivity index (χ1) is 11.1. The van der Waals surface area contributed by atoms with Gasteiger partial charge in [0.1, 0.15) is 12.7 Å². The summed E-state index contributed by atoms with van der Waals surface area (Å²) in [6, 6.07) is 7.26. The first kappa shape index (κ1) is 15.2. The lowest BCUT2D eigenvalue weighted by Gasteiger charge is -2.31. The predicted molar refractivity (Wildman–Crippen MR) is 82.2 cm³/mol. The van der Waals surface area contributed by atoms with Gasteiger partial charge >= 0.3 is 5.97 Å². The highest BCUT2D eigenvalue weighted by molar-refractivity contribution is 5.94. The van der Waals surface area contributed by atoms with Crippen molar-refractivity contribution < 1.29 is 14.7 Å². The fourth-order valence-corrected chi connectivity index (χ4v) is 2.89. The molecule has 2 aromatic rings. The lowest BCUT2D eigenvalue weighted by Crippen LogP contribution is -2.38. The number of likely N-dealkylation sites (tertiary alicyclic amines) is 1. The number of piperidine rings is 1. The van der Waals surface area contributed by atoms with E-state index in [9.17, 15) is 9.59 Å². The van der Waals surface area contributed by atoms with Gasteiger partial charge in [0.05, 0.1) is 5.69 Å². The SMILES string of the molecule is O=C(O)CC1CCN(C(=O)c2cccc(-n3cncn3)c2)CC1. The van der Waals surface area contributed by atoms with Gasteiger partial charge in [-0.15, -0.1) is 0 Å². The molecule has 7 heteroatoms. The van der Waals surface area contributed by atoms with E-state index in [0.717, 1.165) is 18.5 Å². The van der Waals surface area contributed by atoms with Gasteiger partial charge in [0.15, 0.2) is 0 Å². The number of carboxylic acids is 1. The molecule has 120 valence electrons. The van der Waals surface area contributed by atoms with Gasteiger partial charge in [-0.1, -0.05) is 6.07 Å². The third kappa shape index (κ3) is 3.56. The zero-order valence-corrected chi connectivity index (χ0v) is 12.6. The number of hydrogen-bond acceptors (Lipinski definition) is 4. The van der Waals surface area contributed by atoms with E-state index in [1.54, 1.807) is 28.0 Å². The van der Waals surface area contributed by atoms with E-state index < -0.39 is 5.97 Å². The highest BCUT2D eigenvalue weighted by Crippen LogP contribution is 2.22. The number of benzene rings is 1. The molecular weight excluding hydrogens is 296 g/mol. The van der Waals surface area contributed by atoms with Gasteiger partial charge < -0.3 is 10.0 Å². The van der Waals surface area contributed by atoms with Gasteiger partial charge in [0.25, 0.3) is 5.91 Å². The molecule has 1 aliphatic heterocycles. The van der Waals surface area contributed by atoms with Crippen LogP contribution in [0.15, 0.2) is 36.9 Å². The minimum absolute atomic E-state index is 0.0271. The summed E-state index contributed by atoms with van der Waals surface area (Å²) in [5.74, 6) is -0.630. The maximum atomic E-state index is 12.6. The number of aliphatic carboxylic acids is 1. The monoisotopic (exact) mass is 314 g/mol. The fraction of sp³-hybridized carbons (Fsp3) is 0.375. The average molecular weight is 314 g/mol. The Morgan fingerprint density at radius 2 is 2.04 bits per heavy atom. The summed E-state index contributed by atoms with van der Waals surface area (Å²) in [5, 5.41) is 12.9. The van der Waals surface area contributed by atoms with Crippen LogP contribution >= 0.6 is 0 Å². The van der Waals surface area contributed by atoms with Gasteiger partial charge in [0, 0.05) is 25.1 Å². The Labute approximate surface area is 133 Å². The molecule has 7 nitrogen and oxygen atoms in total. The first-order valence-electron chi connectivity index (χ1n) is 7.59. The number of carboxylic acid groups (broad SMARTS) is 1. The van der Waals surface area contributed by atoms with Gasteiger partial charge in [-0.05, 0) is 37.0 Å². The van der Waals surface area contributed by atoms with Crippen LogP contribution in [-0.4, -0.2) is 49.7 Å². The van der Waals surface area contributed by atoms with Gasteiger partial charge in [-0.25, -0.2) is 9.67 Å². The molecular formula is C16H18N4O3. The van der Waals surface area contributed by atoms with Crippen LogP contribution < -0.4 is 0 Å². The van der Waals surface area contributed by atoms with Gasteiger partial charge in [0.2, 0.25) is 0 Å². The van der Waals surface area contributed by atoms with Crippen molar-refractivity contribution in [2.24, 2.45) is 5.92 Å². The van der Waals surface area contributed by atoms with Crippen molar-refractivity contribution >= 4 is 11.9 Å². The Hall–Kier alpha value is -2.70. The van der Waals surface area contributed by atoms with Crippen LogP contribution in [0.4, 0.5) is 0 Å². The van der Waals surface area contributed by atoms with E-state index in [0.29, 0.717) is 18.7 Å². The molecule has 23 heavy (non-hydrogen) atoms. The van der Waals surface area contributed by atoms with Crippen molar-refractivity contribution in [2.75, 3.05) is 13.1 Å². The summed E-state index contributed by atoms with van der Waals surface area (Å²) in [7, 11) is 0. The third-order valence-corrected chi connectivity index (χ3v) is 4.14. The Morgan fingerprint density at radius 3 is 2.70 bits per heavy atom. The predicted octanol–water partition coefficient (Wildman–Crippen LogP) is 1.59. The lowest BCUT2D eigenvalue weighted by molar-refractivity contribution is -0.138. The molecule has 2 heterocycles. The number of carbonyl (C=O) groups is 2. The highest BCUT2D eigenvalue weighted by Gasteiger charge is 2.25. The summed E-state index contributed by atoms with van der Waals surface area (Å²) in [5.41, 5.74) is 1.39. The molecule has 1 saturated heterocycles. The van der Waals surface area contributed by atoms with Crippen LogP contribution in [-0.2, 0) is 4.79 Å². The number of aromatic nitrogens is 3. The van der Waals surface area contributed by atoms with Gasteiger partial charge in [-0.3, -0.25) is 9.59 Å². The second kappa shape index (κ2) is 6.60. The van der Waals surface area contributed by atoms with Crippen molar-refractivity contribution in [3.8, 4) is 5.69 Å². The molecule has 0 unspecified atom stereocenters. The Kier molecular flexibility index (Phi) is 4.36. The van der Waals surface area contributed by atoms with Crippen LogP contribution in [0.25, 0.3) is 5.69 Å². The largest absolute Gasteiger partial charge is 0.481 e. The van der Waals surface area contributed by atoms with E-state index in [-0.39, 0.29) is 18.2 Å². The molecule has 1 aliphatic rings. The molecule has 0 bridgehead atoms. The van der Waals surface area contributed by atoms with Crippen LogP contribution in [0.5, 0.6) is 0 Å². The molecule has 0 saturated carbocycles. The second-order valence-electron chi connectivity index (χ2n) is 5.72. The van der Waals surface area contributed by atoms with Crippen molar-refractivity contribution in [3.63, 3.8) is 0 Å². The Bertz CT molecular complexity index is 691. The number of carbonyl (C=O) groups excluding carboxylic acids is 1. The summed E-state index contributed by atoms with van der Waals surface area (Å²) < 4.78 is 1.61. The summed E-state index contributed by atoms with van der Waals surface area (Å²) in [4.78, 5) is 29.1. The van der Waals surface area contributed by atoms with E-state index in [4.69, 9.17) is 5.11 Å². The first-order valence-corrected chi connectivity index (χ1v) is 7.59. The van der Waals surface area contributed by atoms with Crippen LogP contribution in [0.1, 0.15) is 29.6 Å². The molecule has 0 radical (unpaired) electrons. The molecule has 3 rings (SSSR count). The minimum atomic E-state index is -0.768. The number of hydrogen-bond donors (Lipinski definition) is 1. The zero-order chi connectivity index (χ0) is 16.2. The molecule has 0 spiro atoms. The van der Waals surface area contributed by atoms with Crippen molar-refractivity contribution in [1.29, 1.82) is 0 Å². The molecule has 0 aliphatic carbocycles. The molecule has 1 aromatic heterocycles. The van der Waals surface area contributed by atoms with E-state index in [1.807, 2.05) is 12.1 Å². The molecule has 0 atom stereocenters. The molecule has 1 fully saturated rings. The normalized spacial score (nSPS) is 15.6. The summed E-state index contributed by atoms with van der Waals surface area (Å²) >= 11 is 0. The van der Waals surface area contributed by atoms with Crippen molar-refractivity contribution in [2.45, 2.75) is 19.3 Å². The maximum absolute atomic E-state index is 12.6. The van der Waals surface area contributed by atoms with Crippen molar-refractivity contribution in [3.05, 3.63) is 42.5 Å². The van der Waals surface area contributed by atoms with Gasteiger partial charge in [-0.2, -0.15) is 5.10 Å². The van der Waals surface area contributed by atoms with E-state index >= 15 is 0 Å². The van der Waals surface area contributed by atoms with Crippen LogP contribution in [0.3, 0.4) is 0 Å². The summed E-state index contributed by atoms with van der Waals surface area (Å²) in [6.07, 6.45) is 4.69. The van der Waals surface area contributed by atoms with Crippen LogP contribution in [0, 0.1) is 5.92 Å². The fourth-order valence-electron chi connectivity index (χ4n) is 2.89. The van der Waals surface area contributed by atoms with E-state index in [1.165, 1.54) is 6.33 Å². The topological polar surface area (TPSA) is 88.3 Å². The minimum Gasteiger partial charge on any atom is -0.481 e. The Balaban J connectivity index is 1.67. The third-order valence-electron chi connectivity index (χ3n) is 4.14. The van der Waals surface area contributed by atoms with E-state index in [2.05, 4.69) is 10.1 Å². The van der Waals surface area contributed by atoms with Crippen molar-refractivity contribution in [1.82, 2.24) is 19.7 Å². The lowest BCUT2D eigenvalue weighted by atomic mass is 9.93. The summed E-state index contributed by atoms with van der Waals surface area (Å²) in [6.45, 7) is 1.20. The maximum Gasteiger partial charge on any atom is 0.303 e. The number of rotatable bonds is 4. The number of nitrogens with zero attached hydrogens (tertiary/aromatic N) is 4. The number of amides is 1. The average Bonchev–Trinajstić information content (AvgIpc) is 3.09. The second-order valence-corrected chi connectivity index (χ2v) is 5.72. The quantitative estimate of drug-likeness (QED) is 0.926. The standard InChI is InChI=1S/C16H18N4O3/c21-15(22)8-12-4-6-19(7-5-12)16(23)13-2-1-3-14(9-13)20-11-17-10-18-20/h1-3,9-12H,4-8H2,(H,21,22). The van der Waals surface area contributed by atoms with Crippen LogP contribution in [0.2, 0.25) is 0 Å². The molecule has 1 amide bonds. The molecule has 1 aromatic carbocycles. The zero-order valence-electron chi connectivity index (χ0n) is 12.6. The molecule has 1 N–H and O–H groups in total. The smallest absolute Gasteiger partial charge is 0.303 e.